The highest BCUT2D eigenvalue weighted by Gasteiger charge is 2.26. The van der Waals surface area contributed by atoms with Gasteiger partial charge in [0, 0.05) is 56.2 Å². The van der Waals surface area contributed by atoms with Crippen molar-refractivity contribution in [2.24, 2.45) is 7.05 Å². The molecule has 1 aromatic carbocycles. The fraction of sp³-hybridized carbons (Fsp3) is 0.368. The van der Waals surface area contributed by atoms with Crippen LogP contribution in [0.15, 0.2) is 42.7 Å². The zero-order valence-corrected chi connectivity index (χ0v) is 14.5. The third-order valence-electron chi connectivity index (χ3n) is 4.51. The average Bonchev–Trinajstić information content (AvgIpc) is 2.98. The summed E-state index contributed by atoms with van der Waals surface area (Å²) in [5.74, 6) is 0.0655. The smallest absolute Gasteiger partial charge is 0.246 e. The Kier molecular flexibility index (Phi) is 4.69. The van der Waals surface area contributed by atoms with Gasteiger partial charge in [-0.2, -0.15) is 5.10 Å². The molecule has 5 nitrogen and oxygen atoms in total. The lowest BCUT2D eigenvalue weighted by atomic mass is 10.1. The summed E-state index contributed by atoms with van der Waals surface area (Å²) in [7, 11) is 1.87. The second-order valence-electron chi connectivity index (χ2n) is 6.39. The second-order valence-corrected chi connectivity index (χ2v) is 6.39. The molecule has 2 heterocycles. The number of hydrogen-bond acceptors (Lipinski definition) is 3. The Balaban J connectivity index is 1.64. The summed E-state index contributed by atoms with van der Waals surface area (Å²) in [5.41, 5.74) is 3.49. The fourth-order valence-electron chi connectivity index (χ4n) is 3.21. The maximum absolute atomic E-state index is 12.5. The van der Waals surface area contributed by atoms with E-state index in [1.807, 2.05) is 24.2 Å². The number of piperazine rings is 1. The standard InChI is InChI=1S/C19H24N4O/c1-15-6-4-5-7-18(15)22-10-11-23(16(2)13-22)19(24)9-8-17-12-20-21(3)14-17/h4-9,12,14,16H,10-11,13H2,1-3H3/b9-8+/t16-/m0/s1. The van der Waals surface area contributed by atoms with Gasteiger partial charge in [-0.3, -0.25) is 9.48 Å². The number of benzene rings is 1. The quantitative estimate of drug-likeness (QED) is 0.815. The molecular weight excluding hydrogens is 300 g/mol. The summed E-state index contributed by atoms with van der Waals surface area (Å²) in [5, 5.41) is 4.11. The summed E-state index contributed by atoms with van der Waals surface area (Å²) in [6, 6.07) is 8.60. The van der Waals surface area contributed by atoms with Crippen LogP contribution in [0.1, 0.15) is 18.1 Å². The third kappa shape index (κ3) is 3.50. The number of hydrogen-bond donors (Lipinski definition) is 0. The van der Waals surface area contributed by atoms with Gasteiger partial charge in [-0.15, -0.1) is 0 Å². The molecule has 1 atom stereocenters. The number of carbonyl (C=O) groups is 1. The van der Waals surface area contributed by atoms with Crippen LogP contribution in [0.5, 0.6) is 0 Å². The summed E-state index contributed by atoms with van der Waals surface area (Å²) in [6.07, 6.45) is 7.12. The largest absolute Gasteiger partial charge is 0.367 e. The number of carbonyl (C=O) groups excluding carboxylic acids is 1. The van der Waals surface area contributed by atoms with E-state index in [0.29, 0.717) is 0 Å². The number of para-hydroxylation sites is 1. The summed E-state index contributed by atoms with van der Waals surface area (Å²) >= 11 is 0. The van der Waals surface area contributed by atoms with E-state index in [9.17, 15) is 4.79 Å². The Hall–Kier alpha value is -2.56. The number of anilines is 1. The van der Waals surface area contributed by atoms with Gasteiger partial charge in [0.1, 0.15) is 0 Å². The zero-order chi connectivity index (χ0) is 17.1. The van der Waals surface area contributed by atoms with E-state index in [0.717, 1.165) is 25.2 Å². The molecule has 0 spiro atoms. The van der Waals surface area contributed by atoms with Crippen molar-refractivity contribution in [1.82, 2.24) is 14.7 Å². The van der Waals surface area contributed by atoms with Crippen molar-refractivity contribution >= 4 is 17.7 Å². The first kappa shape index (κ1) is 16.3. The summed E-state index contributed by atoms with van der Waals surface area (Å²) < 4.78 is 1.73. The lowest BCUT2D eigenvalue weighted by molar-refractivity contribution is -0.128. The van der Waals surface area contributed by atoms with Crippen molar-refractivity contribution in [2.45, 2.75) is 19.9 Å². The van der Waals surface area contributed by atoms with Crippen LogP contribution in [-0.2, 0) is 11.8 Å². The third-order valence-corrected chi connectivity index (χ3v) is 4.51. The Bertz CT molecular complexity index is 749. The Labute approximate surface area is 143 Å². The zero-order valence-electron chi connectivity index (χ0n) is 14.5. The van der Waals surface area contributed by atoms with Crippen molar-refractivity contribution < 1.29 is 4.79 Å². The molecule has 0 bridgehead atoms. The maximum atomic E-state index is 12.5. The van der Waals surface area contributed by atoms with Crippen molar-refractivity contribution in [3.8, 4) is 0 Å². The maximum Gasteiger partial charge on any atom is 0.246 e. The van der Waals surface area contributed by atoms with Crippen LogP contribution in [0.3, 0.4) is 0 Å². The van der Waals surface area contributed by atoms with Gasteiger partial charge in [-0.25, -0.2) is 0 Å². The molecule has 0 aliphatic carbocycles. The summed E-state index contributed by atoms with van der Waals surface area (Å²) in [6.45, 7) is 6.71. The first-order valence-electron chi connectivity index (χ1n) is 8.32. The van der Waals surface area contributed by atoms with Gasteiger partial charge in [0.05, 0.1) is 6.20 Å². The lowest BCUT2D eigenvalue weighted by Gasteiger charge is -2.41. The van der Waals surface area contributed by atoms with Crippen LogP contribution in [-0.4, -0.2) is 46.3 Å². The molecule has 24 heavy (non-hydrogen) atoms. The molecule has 2 aromatic rings. The first-order valence-corrected chi connectivity index (χ1v) is 8.32. The SMILES string of the molecule is Cc1ccccc1N1CCN(C(=O)/C=C/c2cnn(C)c2)[C@@H](C)C1. The molecule has 5 heteroatoms. The average molecular weight is 324 g/mol. The Morgan fingerprint density at radius 1 is 1.29 bits per heavy atom. The molecule has 0 unspecified atom stereocenters. The number of aryl methyl sites for hydroxylation is 2. The number of amides is 1. The van der Waals surface area contributed by atoms with Crippen molar-refractivity contribution in [3.05, 3.63) is 53.9 Å². The van der Waals surface area contributed by atoms with Crippen LogP contribution in [0.25, 0.3) is 6.08 Å². The predicted octanol–water partition coefficient (Wildman–Crippen LogP) is 2.48. The number of rotatable bonds is 3. The van der Waals surface area contributed by atoms with E-state index in [-0.39, 0.29) is 11.9 Å². The Morgan fingerprint density at radius 2 is 2.08 bits per heavy atom. The molecule has 126 valence electrons. The van der Waals surface area contributed by atoms with Crippen LogP contribution < -0.4 is 4.90 Å². The number of aromatic nitrogens is 2. The Morgan fingerprint density at radius 3 is 2.75 bits per heavy atom. The van der Waals surface area contributed by atoms with E-state index in [1.54, 1.807) is 17.0 Å². The highest BCUT2D eigenvalue weighted by molar-refractivity contribution is 5.92. The highest BCUT2D eigenvalue weighted by Crippen LogP contribution is 2.23. The molecule has 1 aliphatic rings. The predicted molar refractivity (Wildman–Crippen MR) is 96.8 cm³/mol. The second kappa shape index (κ2) is 6.91. The minimum atomic E-state index is 0.0655. The topological polar surface area (TPSA) is 41.4 Å². The molecule has 0 N–H and O–H groups in total. The molecule has 1 aromatic heterocycles. The van der Waals surface area contributed by atoms with Crippen LogP contribution in [0, 0.1) is 6.92 Å². The molecule has 3 rings (SSSR count). The molecule has 0 radical (unpaired) electrons. The highest BCUT2D eigenvalue weighted by atomic mass is 16.2. The van der Waals surface area contributed by atoms with Gasteiger partial charge in [0.15, 0.2) is 0 Å². The molecule has 1 fully saturated rings. The van der Waals surface area contributed by atoms with Gasteiger partial charge in [0.2, 0.25) is 5.91 Å². The van der Waals surface area contributed by atoms with E-state index in [4.69, 9.17) is 0 Å². The van der Waals surface area contributed by atoms with Gasteiger partial charge in [-0.1, -0.05) is 18.2 Å². The van der Waals surface area contributed by atoms with Crippen molar-refractivity contribution in [2.75, 3.05) is 24.5 Å². The van der Waals surface area contributed by atoms with Gasteiger partial charge >= 0.3 is 0 Å². The van der Waals surface area contributed by atoms with E-state index in [2.05, 4.69) is 48.1 Å². The van der Waals surface area contributed by atoms with E-state index in [1.165, 1.54) is 11.3 Å². The van der Waals surface area contributed by atoms with Crippen molar-refractivity contribution in [3.63, 3.8) is 0 Å². The van der Waals surface area contributed by atoms with E-state index < -0.39 is 0 Å². The molecule has 0 saturated carbocycles. The molecule has 1 aliphatic heterocycles. The minimum Gasteiger partial charge on any atom is -0.367 e. The summed E-state index contributed by atoms with van der Waals surface area (Å²) in [4.78, 5) is 16.8. The van der Waals surface area contributed by atoms with Crippen molar-refractivity contribution in [1.29, 1.82) is 0 Å². The molecule has 1 amide bonds. The fourth-order valence-corrected chi connectivity index (χ4v) is 3.21. The monoisotopic (exact) mass is 324 g/mol. The van der Waals surface area contributed by atoms with Crippen LogP contribution >= 0.6 is 0 Å². The lowest BCUT2D eigenvalue weighted by Crippen LogP contribution is -2.53. The van der Waals surface area contributed by atoms with Crippen LogP contribution in [0.2, 0.25) is 0 Å². The van der Waals surface area contributed by atoms with Gasteiger partial charge in [-0.05, 0) is 31.6 Å². The van der Waals surface area contributed by atoms with Crippen LogP contribution in [0.4, 0.5) is 5.69 Å². The van der Waals surface area contributed by atoms with Gasteiger partial charge < -0.3 is 9.80 Å². The normalized spacial score (nSPS) is 18.4. The first-order chi connectivity index (χ1) is 11.5. The molecule has 1 saturated heterocycles. The number of nitrogens with zero attached hydrogens (tertiary/aromatic N) is 4. The van der Waals surface area contributed by atoms with E-state index >= 15 is 0 Å². The molecular formula is C19H24N4O. The van der Waals surface area contributed by atoms with Gasteiger partial charge in [0.25, 0.3) is 0 Å². The minimum absolute atomic E-state index is 0.0655.